The maximum atomic E-state index is 10.3. The minimum Gasteiger partial charge on any atom is -0.497 e. The van der Waals surface area contributed by atoms with Gasteiger partial charge >= 0.3 is 0 Å². The number of nitrogens with one attached hydrogen (secondary N) is 1. The summed E-state index contributed by atoms with van der Waals surface area (Å²) in [6.07, 6.45) is 1.70. The van der Waals surface area contributed by atoms with E-state index in [4.69, 9.17) is 4.74 Å². The summed E-state index contributed by atoms with van der Waals surface area (Å²) >= 11 is 0. The van der Waals surface area contributed by atoms with Gasteiger partial charge in [-0.15, -0.1) is 0 Å². The molecule has 3 nitrogen and oxygen atoms in total. The van der Waals surface area contributed by atoms with Gasteiger partial charge in [0.15, 0.2) is 0 Å². The summed E-state index contributed by atoms with van der Waals surface area (Å²) in [5.74, 6) is 0.776. The average Bonchev–Trinajstić information content (AvgIpc) is 2.96. The van der Waals surface area contributed by atoms with Crippen LogP contribution in [0, 0.1) is 0 Å². The van der Waals surface area contributed by atoms with E-state index in [9.17, 15) is 5.11 Å². The largest absolute Gasteiger partial charge is 0.497 e. The quantitative estimate of drug-likeness (QED) is 0.886. The van der Waals surface area contributed by atoms with Crippen molar-refractivity contribution < 1.29 is 9.84 Å². The molecule has 21 heavy (non-hydrogen) atoms. The second-order valence-corrected chi connectivity index (χ2v) is 5.49. The first-order chi connectivity index (χ1) is 10.3. The van der Waals surface area contributed by atoms with Crippen molar-refractivity contribution in [3.05, 3.63) is 65.2 Å². The Morgan fingerprint density at radius 1 is 1.24 bits per heavy atom. The number of aryl methyl sites for hydroxylation is 1. The Bertz CT molecular complexity index is 612. The van der Waals surface area contributed by atoms with E-state index in [1.54, 1.807) is 7.11 Å². The van der Waals surface area contributed by atoms with Crippen molar-refractivity contribution in [2.24, 2.45) is 0 Å². The van der Waals surface area contributed by atoms with Crippen LogP contribution in [0.2, 0.25) is 0 Å². The van der Waals surface area contributed by atoms with Gasteiger partial charge in [-0.2, -0.15) is 0 Å². The van der Waals surface area contributed by atoms with Gasteiger partial charge in [-0.05, 0) is 41.7 Å². The first kappa shape index (κ1) is 14.1. The third kappa shape index (κ3) is 3.09. The van der Waals surface area contributed by atoms with Crippen LogP contribution in [0.3, 0.4) is 0 Å². The second-order valence-electron chi connectivity index (χ2n) is 5.49. The van der Waals surface area contributed by atoms with Crippen LogP contribution in [0.25, 0.3) is 0 Å². The minimum atomic E-state index is -0.520. The minimum absolute atomic E-state index is 0.349. The molecule has 2 aromatic rings. The molecule has 2 atom stereocenters. The lowest BCUT2D eigenvalue weighted by atomic mass is 10.1. The molecule has 0 heterocycles. The van der Waals surface area contributed by atoms with Crippen molar-refractivity contribution in [2.45, 2.75) is 25.0 Å². The molecule has 0 bridgehead atoms. The smallest absolute Gasteiger partial charge is 0.119 e. The van der Waals surface area contributed by atoms with Crippen LogP contribution in [0.15, 0.2) is 48.5 Å². The Hall–Kier alpha value is -1.84. The van der Waals surface area contributed by atoms with Gasteiger partial charge in [0.05, 0.1) is 13.2 Å². The first-order valence-corrected chi connectivity index (χ1v) is 7.41. The van der Waals surface area contributed by atoms with Crippen molar-refractivity contribution in [1.82, 2.24) is 5.32 Å². The number of fused-ring (bicyclic) bond motifs is 1. The molecule has 2 N–H and O–H groups in total. The molecule has 0 amide bonds. The van der Waals surface area contributed by atoms with Crippen LogP contribution >= 0.6 is 0 Å². The SMILES string of the molecule is COc1cccc(C(O)CNC2CCc3ccccc32)c1. The number of hydrogen-bond acceptors (Lipinski definition) is 3. The predicted octanol–water partition coefficient (Wildman–Crippen LogP) is 3.01. The average molecular weight is 283 g/mol. The number of hydrogen-bond donors (Lipinski definition) is 2. The van der Waals surface area contributed by atoms with Gasteiger partial charge in [-0.1, -0.05) is 36.4 Å². The Morgan fingerprint density at radius 3 is 2.95 bits per heavy atom. The third-order valence-electron chi connectivity index (χ3n) is 4.17. The second kappa shape index (κ2) is 6.29. The zero-order valence-electron chi connectivity index (χ0n) is 12.3. The van der Waals surface area contributed by atoms with Crippen molar-refractivity contribution in [2.75, 3.05) is 13.7 Å². The fourth-order valence-corrected chi connectivity index (χ4v) is 2.99. The van der Waals surface area contributed by atoms with Crippen LogP contribution in [0.5, 0.6) is 5.75 Å². The van der Waals surface area contributed by atoms with Gasteiger partial charge in [-0.3, -0.25) is 0 Å². The van der Waals surface area contributed by atoms with E-state index in [-0.39, 0.29) is 0 Å². The monoisotopic (exact) mass is 283 g/mol. The van der Waals surface area contributed by atoms with Crippen LogP contribution in [-0.2, 0) is 6.42 Å². The molecule has 0 aliphatic heterocycles. The molecule has 0 aromatic heterocycles. The van der Waals surface area contributed by atoms with Crippen molar-refractivity contribution in [3.8, 4) is 5.75 Å². The Kier molecular flexibility index (Phi) is 4.23. The zero-order chi connectivity index (χ0) is 14.7. The van der Waals surface area contributed by atoms with E-state index in [1.165, 1.54) is 11.1 Å². The summed E-state index contributed by atoms with van der Waals surface area (Å²) in [7, 11) is 1.64. The highest BCUT2D eigenvalue weighted by atomic mass is 16.5. The van der Waals surface area contributed by atoms with Crippen LogP contribution in [0.1, 0.15) is 35.3 Å². The highest BCUT2D eigenvalue weighted by Crippen LogP contribution is 2.31. The van der Waals surface area contributed by atoms with Crippen molar-refractivity contribution >= 4 is 0 Å². The van der Waals surface area contributed by atoms with E-state index in [2.05, 4.69) is 29.6 Å². The maximum Gasteiger partial charge on any atom is 0.119 e. The Morgan fingerprint density at radius 2 is 2.10 bits per heavy atom. The number of benzene rings is 2. The molecule has 2 unspecified atom stereocenters. The zero-order valence-corrected chi connectivity index (χ0v) is 12.3. The predicted molar refractivity (Wildman–Crippen MR) is 83.5 cm³/mol. The number of aliphatic hydroxyl groups excluding tert-OH is 1. The Balaban J connectivity index is 1.63. The fraction of sp³-hybridized carbons (Fsp3) is 0.333. The number of rotatable bonds is 5. The summed E-state index contributed by atoms with van der Waals surface area (Å²) in [5.41, 5.74) is 3.68. The molecular weight excluding hydrogens is 262 g/mol. The normalized spacial score (nSPS) is 18.3. The molecule has 1 aliphatic carbocycles. The standard InChI is InChI=1S/C18H21NO2/c1-21-15-7-4-6-14(11-15)18(20)12-19-17-10-9-13-5-2-3-8-16(13)17/h2-8,11,17-20H,9-10,12H2,1H3. The maximum absolute atomic E-state index is 10.3. The number of aliphatic hydroxyl groups is 1. The van der Waals surface area contributed by atoms with Crippen LogP contribution in [-0.4, -0.2) is 18.8 Å². The summed E-state index contributed by atoms with van der Waals surface area (Å²) in [4.78, 5) is 0. The van der Waals surface area contributed by atoms with E-state index < -0.39 is 6.10 Å². The van der Waals surface area contributed by atoms with Crippen molar-refractivity contribution in [3.63, 3.8) is 0 Å². The number of methoxy groups -OCH3 is 1. The first-order valence-electron chi connectivity index (χ1n) is 7.41. The molecule has 0 spiro atoms. The lowest BCUT2D eigenvalue weighted by Crippen LogP contribution is -2.25. The number of ether oxygens (including phenoxy) is 1. The highest BCUT2D eigenvalue weighted by Gasteiger charge is 2.22. The van der Waals surface area contributed by atoms with E-state index in [0.717, 1.165) is 24.2 Å². The molecule has 3 heteroatoms. The summed E-state index contributed by atoms with van der Waals surface area (Å²) in [6, 6.07) is 16.5. The van der Waals surface area contributed by atoms with Crippen molar-refractivity contribution in [1.29, 1.82) is 0 Å². The molecule has 0 radical (unpaired) electrons. The molecule has 2 aromatic carbocycles. The molecule has 0 saturated heterocycles. The topological polar surface area (TPSA) is 41.5 Å². The molecule has 0 saturated carbocycles. The van der Waals surface area contributed by atoms with Gasteiger partial charge in [0, 0.05) is 12.6 Å². The highest BCUT2D eigenvalue weighted by molar-refractivity contribution is 5.34. The molecule has 3 rings (SSSR count). The van der Waals surface area contributed by atoms with Gasteiger partial charge in [-0.25, -0.2) is 0 Å². The van der Waals surface area contributed by atoms with Gasteiger partial charge < -0.3 is 15.2 Å². The fourth-order valence-electron chi connectivity index (χ4n) is 2.99. The van der Waals surface area contributed by atoms with Crippen LogP contribution < -0.4 is 10.1 Å². The van der Waals surface area contributed by atoms with Gasteiger partial charge in [0.25, 0.3) is 0 Å². The van der Waals surface area contributed by atoms with Gasteiger partial charge in [0.2, 0.25) is 0 Å². The summed E-state index contributed by atoms with van der Waals surface area (Å²) < 4.78 is 5.20. The Labute approximate surface area is 125 Å². The molecule has 110 valence electrons. The van der Waals surface area contributed by atoms with E-state index >= 15 is 0 Å². The third-order valence-corrected chi connectivity index (χ3v) is 4.17. The lowest BCUT2D eigenvalue weighted by Gasteiger charge is -2.18. The lowest BCUT2D eigenvalue weighted by molar-refractivity contribution is 0.169. The van der Waals surface area contributed by atoms with Crippen LogP contribution in [0.4, 0.5) is 0 Å². The van der Waals surface area contributed by atoms with E-state index in [1.807, 2.05) is 24.3 Å². The molecule has 0 fully saturated rings. The van der Waals surface area contributed by atoms with E-state index in [0.29, 0.717) is 12.6 Å². The van der Waals surface area contributed by atoms with Gasteiger partial charge in [0.1, 0.15) is 5.75 Å². The summed E-state index contributed by atoms with van der Waals surface area (Å²) in [5, 5.41) is 13.8. The molecular formula is C18H21NO2. The summed E-state index contributed by atoms with van der Waals surface area (Å²) in [6.45, 7) is 0.548. The molecule has 1 aliphatic rings.